The highest BCUT2D eigenvalue weighted by atomic mass is 16.3. The molecule has 1 aliphatic heterocycles. The molecule has 5 aromatic rings. The monoisotopic (exact) mass is 415 g/mol. The van der Waals surface area contributed by atoms with E-state index in [0.717, 1.165) is 32.7 Å². The summed E-state index contributed by atoms with van der Waals surface area (Å²) >= 11 is 0. The Morgan fingerprint density at radius 1 is 1.03 bits per heavy atom. The summed E-state index contributed by atoms with van der Waals surface area (Å²) in [6.45, 7) is 4.41. The molecule has 0 radical (unpaired) electrons. The molecular weight excluding hydrogens is 394 g/mol. The average Bonchev–Trinajstić information content (AvgIpc) is 3.54. The van der Waals surface area contributed by atoms with Crippen LogP contribution in [0.2, 0.25) is 0 Å². The molecule has 1 saturated heterocycles. The van der Waals surface area contributed by atoms with Gasteiger partial charge in [0.2, 0.25) is 17.7 Å². The number of nitrogens with one attached hydrogen (secondary N) is 1. The number of nitrogens with zero attached hydrogens (tertiary/aromatic N) is 7. The van der Waals surface area contributed by atoms with E-state index in [1.807, 2.05) is 6.20 Å². The molecule has 1 aliphatic rings. The maximum Gasteiger partial charge on any atom is 0.259 e. The van der Waals surface area contributed by atoms with Crippen LogP contribution in [0.25, 0.3) is 28.3 Å². The number of fused-ring (bicyclic) bond motifs is 2. The van der Waals surface area contributed by atoms with Crippen LogP contribution in [0.3, 0.4) is 0 Å². The molecule has 0 amide bonds. The summed E-state index contributed by atoms with van der Waals surface area (Å²) in [5.41, 5.74) is 8.62. The third-order valence-corrected chi connectivity index (χ3v) is 5.64. The number of H-pyrrole nitrogens is 1. The Morgan fingerprint density at radius 2 is 1.94 bits per heavy atom. The maximum atomic E-state index is 6.14. The van der Waals surface area contributed by atoms with Crippen molar-refractivity contribution in [1.29, 1.82) is 0 Å². The third kappa shape index (κ3) is 3.26. The molecule has 0 atom stereocenters. The number of benzene rings is 1. The highest BCUT2D eigenvalue weighted by Gasteiger charge is 2.22. The van der Waals surface area contributed by atoms with E-state index < -0.39 is 0 Å². The molecule has 31 heavy (non-hydrogen) atoms. The fraction of sp³-hybridized carbons (Fsp3) is 0.238. The summed E-state index contributed by atoms with van der Waals surface area (Å²) in [5, 5.41) is 5.60. The van der Waals surface area contributed by atoms with Gasteiger partial charge in [-0.15, -0.1) is 5.10 Å². The standard InChI is InChI=1S/C21H21N9O/c22-19-25-20(26-21-24-18(27-30(19)21)17-2-1-11-31-17)29-9-7-28(8-10-29)13-14-3-4-16-15(12-14)5-6-23-16/h1-6,11-12,23H,7-10,13H2,(H2,22,24,25,26,27). The van der Waals surface area contributed by atoms with E-state index in [4.69, 9.17) is 10.2 Å². The molecule has 156 valence electrons. The van der Waals surface area contributed by atoms with Crippen LogP contribution < -0.4 is 10.6 Å². The summed E-state index contributed by atoms with van der Waals surface area (Å²) in [4.78, 5) is 21.3. The van der Waals surface area contributed by atoms with Gasteiger partial charge in [-0.3, -0.25) is 4.90 Å². The Hall–Kier alpha value is -3.92. The van der Waals surface area contributed by atoms with Crippen LogP contribution >= 0.6 is 0 Å². The number of nitrogen functional groups attached to an aromatic ring is 1. The SMILES string of the molecule is Nc1nc(N2CCN(Cc3ccc4[nH]ccc4c3)CC2)nc2nc(-c3ccco3)nn12. The molecule has 10 heteroatoms. The van der Waals surface area contributed by atoms with Crippen molar-refractivity contribution in [3.8, 4) is 11.6 Å². The lowest BCUT2D eigenvalue weighted by Gasteiger charge is -2.34. The summed E-state index contributed by atoms with van der Waals surface area (Å²) in [6.07, 6.45) is 3.56. The summed E-state index contributed by atoms with van der Waals surface area (Å²) in [7, 11) is 0. The molecule has 0 saturated carbocycles. The molecule has 1 aromatic carbocycles. The number of piperazine rings is 1. The molecule has 10 nitrogen and oxygen atoms in total. The van der Waals surface area contributed by atoms with Crippen molar-refractivity contribution < 1.29 is 4.42 Å². The van der Waals surface area contributed by atoms with Crippen molar-refractivity contribution in [3.63, 3.8) is 0 Å². The number of rotatable bonds is 4. The second kappa shape index (κ2) is 7.10. The Balaban J connectivity index is 1.17. The zero-order valence-electron chi connectivity index (χ0n) is 16.8. The van der Waals surface area contributed by atoms with E-state index in [1.165, 1.54) is 21.0 Å². The fourth-order valence-electron chi connectivity index (χ4n) is 4.01. The summed E-state index contributed by atoms with van der Waals surface area (Å²) in [5.74, 6) is 2.26. The van der Waals surface area contributed by atoms with Crippen molar-refractivity contribution in [2.24, 2.45) is 0 Å². The first-order valence-corrected chi connectivity index (χ1v) is 10.2. The van der Waals surface area contributed by atoms with Crippen molar-refractivity contribution >= 4 is 28.6 Å². The Labute approximate surface area is 177 Å². The lowest BCUT2D eigenvalue weighted by molar-refractivity contribution is 0.249. The van der Waals surface area contributed by atoms with Gasteiger partial charge in [0.25, 0.3) is 5.78 Å². The number of hydrogen-bond acceptors (Lipinski definition) is 8. The van der Waals surface area contributed by atoms with Crippen LogP contribution in [-0.2, 0) is 6.54 Å². The van der Waals surface area contributed by atoms with E-state index in [0.29, 0.717) is 23.3 Å². The van der Waals surface area contributed by atoms with Gasteiger partial charge < -0.3 is 20.0 Å². The van der Waals surface area contributed by atoms with Gasteiger partial charge in [0.15, 0.2) is 5.76 Å². The van der Waals surface area contributed by atoms with Crippen LogP contribution in [0.15, 0.2) is 53.3 Å². The first-order valence-electron chi connectivity index (χ1n) is 10.2. The van der Waals surface area contributed by atoms with Crippen LogP contribution in [0.1, 0.15) is 5.56 Å². The van der Waals surface area contributed by atoms with Gasteiger partial charge in [0.05, 0.1) is 6.26 Å². The lowest BCUT2D eigenvalue weighted by Crippen LogP contribution is -2.46. The molecular formula is C21H21N9O. The number of aromatic nitrogens is 6. The molecule has 0 unspecified atom stereocenters. The highest BCUT2D eigenvalue weighted by Crippen LogP contribution is 2.20. The van der Waals surface area contributed by atoms with Crippen molar-refractivity contribution in [1.82, 2.24) is 34.4 Å². The predicted molar refractivity (Wildman–Crippen MR) is 116 cm³/mol. The van der Waals surface area contributed by atoms with Crippen molar-refractivity contribution in [2.75, 3.05) is 36.8 Å². The minimum absolute atomic E-state index is 0.257. The summed E-state index contributed by atoms with van der Waals surface area (Å²) < 4.78 is 6.81. The van der Waals surface area contributed by atoms with Crippen molar-refractivity contribution in [2.45, 2.75) is 6.54 Å². The van der Waals surface area contributed by atoms with Gasteiger partial charge >= 0.3 is 0 Å². The number of hydrogen-bond donors (Lipinski definition) is 2. The molecule has 6 rings (SSSR count). The largest absolute Gasteiger partial charge is 0.461 e. The Bertz CT molecular complexity index is 1350. The van der Waals surface area contributed by atoms with Crippen LogP contribution in [0.5, 0.6) is 0 Å². The molecule has 3 N–H and O–H groups in total. The highest BCUT2D eigenvalue weighted by molar-refractivity contribution is 5.79. The van der Waals surface area contributed by atoms with E-state index in [9.17, 15) is 0 Å². The molecule has 0 bridgehead atoms. The topological polar surface area (TPSA) is 117 Å². The van der Waals surface area contributed by atoms with Gasteiger partial charge in [0, 0.05) is 44.4 Å². The first kappa shape index (κ1) is 17.9. The van der Waals surface area contributed by atoms with E-state index >= 15 is 0 Å². The zero-order chi connectivity index (χ0) is 20.8. The third-order valence-electron chi connectivity index (χ3n) is 5.64. The van der Waals surface area contributed by atoms with E-state index in [1.54, 1.807) is 18.4 Å². The fourth-order valence-corrected chi connectivity index (χ4v) is 4.01. The summed E-state index contributed by atoms with van der Waals surface area (Å²) in [6, 6.07) is 12.3. The van der Waals surface area contributed by atoms with Crippen LogP contribution in [-0.4, -0.2) is 60.6 Å². The van der Waals surface area contributed by atoms with E-state index in [2.05, 4.69) is 59.1 Å². The minimum Gasteiger partial charge on any atom is -0.461 e. The molecule has 1 fully saturated rings. The first-order chi connectivity index (χ1) is 15.2. The molecule has 0 spiro atoms. The number of aromatic amines is 1. The normalized spacial score (nSPS) is 15.3. The van der Waals surface area contributed by atoms with Gasteiger partial charge in [-0.1, -0.05) is 6.07 Å². The van der Waals surface area contributed by atoms with Crippen LogP contribution in [0.4, 0.5) is 11.9 Å². The zero-order valence-corrected chi connectivity index (χ0v) is 16.8. The Morgan fingerprint density at radius 3 is 2.77 bits per heavy atom. The van der Waals surface area contributed by atoms with Crippen molar-refractivity contribution in [3.05, 3.63) is 54.4 Å². The number of nitrogens with two attached hydrogens (primary N) is 1. The predicted octanol–water partition coefficient (Wildman–Crippen LogP) is 2.17. The second-order valence-electron chi connectivity index (χ2n) is 7.67. The smallest absolute Gasteiger partial charge is 0.259 e. The average molecular weight is 415 g/mol. The van der Waals surface area contributed by atoms with Gasteiger partial charge in [-0.05, 0) is 41.3 Å². The minimum atomic E-state index is 0.257. The van der Waals surface area contributed by atoms with Gasteiger partial charge in [-0.25, -0.2) is 0 Å². The number of anilines is 2. The molecule has 5 heterocycles. The van der Waals surface area contributed by atoms with Crippen LogP contribution in [0, 0.1) is 0 Å². The lowest BCUT2D eigenvalue weighted by atomic mass is 10.1. The Kier molecular flexibility index (Phi) is 4.10. The molecule has 4 aromatic heterocycles. The van der Waals surface area contributed by atoms with Gasteiger partial charge in [-0.2, -0.15) is 19.5 Å². The second-order valence-corrected chi connectivity index (χ2v) is 7.67. The quantitative estimate of drug-likeness (QED) is 0.459. The van der Waals surface area contributed by atoms with E-state index in [-0.39, 0.29) is 5.95 Å². The maximum absolute atomic E-state index is 6.14. The molecule has 0 aliphatic carbocycles. The van der Waals surface area contributed by atoms with Gasteiger partial charge in [0.1, 0.15) is 0 Å². The number of furan rings is 1.